The number of halogens is 1. The van der Waals surface area contributed by atoms with Crippen LogP contribution in [0.5, 0.6) is 5.88 Å². The van der Waals surface area contributed by atoms with E-state index in [1.807, 2.05) is 0 Å². The maximum absolute atomic E-state index is 12.3. The Labute approximate surface area is 128 Å². The second kappa shape index (κ2) is 7.26. The summed E-state index contributed by atoms with van der Waals surface area (Å²) in [6, 6.07) is 3.10. The van der Waals surface area contributed by atoms with E-state index in [0.717, 1.165) is 0 Å². The summed E-state index contributed by atoms with van der Waals surface area (Å²) in [4.78, 5) is 28.1. The van der Waals surface area contributed by atoms with E-state index in [2.05, 4.69) is 10.3 Å². The minimum atomic E-state index is -1.14. The molecule has 0 spiro atoms. The van der Waals surface area contributed by atoms with E-state index in [4.69, 9.17) is 21.1 Å². The van der Waals surface area contributed by atoms with Crippen molar-refractivity contribution in [1.82, 2.24) is 10.3 Å². The summed E-state index contributed by atoms with van der Waals surface area (Å²) in [5, 5.41) is 2.78. The molecular formula is C14H19ClN2O4. The Morgan fingerprint density at radius 2 is 2.05 bits per heavy atom. The summed E-state index contributed by atoms with van der Waals surface area (Å²) in [6.45, 7) is 5.58. The highest BCUT2D eigenvalue weighted by atomic mass is 35.5. The van der Waals surface area contributed by atoms with Crippen LogP contribution in [-0.2, 0) is 9.53 Å². The molecule has 0 unspecified atom stereocenters. The van der Waals surface area contributed by atoms with E-state index in [9.17, 15) is 9.59 Å². The second-order valence-corrected chi connectivity index (χ2v) is 4.95. The highest BCUT2D eigenvalue weighted by Gasteiger charge is 2.35. The molecule has 1 atom stereocenters. The van der Waals surface area contributed by atoms with E-state index >= 15 is 0 Å². The van der Waals surface area contributed by atoms with Gasteiger partial charge >= 0.3 is 5.97 Å². The Morgan fingerprint density at radius 1 is 1.38 bits per heavy atom. The van der Waals surface area contributed by atoms with Gasteiger partial charge in [0.1, 0.15) is 5.54 Å². The molecule has 0 radical (unpaired) electrons. The first-order valence-electron chi connectivity index (χ1n) is 6.58. The van der Waals surface area contributed by atoms with Crippen LogP contribution in [-0.4, -0.2) is 36.1 Å². The Balaban J connectivity index is 3.03. The molecule has 0 saturated carbocycles. The van der Waals surface area contributed by atoms with Gasteiger partial charge in [-0.15, -0.1) is 0 Å². The van der Waals surface area contributed by atoms with Gasteiger partial charge < -0.3 is 14.8 Å². The van der Waals surface area contributed by atoms with Crippen molar-refractivity contribution in [2.75, 3.05) is 13.7 Å². The minimum Gasteiger partial charge on any atom is -0.478 e. The third kappa shape index (κ3) is 4.07. The molecule has 0 aliphatic carbocycles. The van der Waals surface area contributed by atoms with Crippen molar-refractivity contribution in [1.29, 1.82) is 0 Å². The average molecular weight is 315 g/mol. The normalized spacial score (nSPS) is 13.2. The molecule has 1 aromatic rings. The molecule has 0 aromatic carbocycles. The zero-order valence-corrected chi connectivity index (χ0v) is 13.3. The molecule has 1 N–H and O–H groups in total. The van der Waals surface area contributed by atoms with Crippen LogP contribution in [0.2, 0.25) is 5.02 Å². The monoisotopic (exact) mass is 314 g/mol. The van der Waals surface area contributed by atoms with Gasteiger partial charge in [-0.25, -0.2) is 9.78 Å². The lowest BCUT2D eigenvalue weighted by molar-refractivity contribution is -0.147. The van der Waals surface area contributed by atoms with E-state index < -0.39 is 17.4 Å². The summed E-state index contributed by atoms with van der Waals surface area (Å²) < 4.78 is 9.94. The summed E-state index contributed by atoms with van der Waals surface area (Å²) in [7, 11) is 1.27. The first-order chi connectivity index (χ1) is 9.87. The fourth-order valence-electron chi connectivity index (χ4n) is 1.63. The third-order valence-corrected chi connectivity index (χ3v) is 3.37. The first-order valence-corrected chi connectivity index (χ1v) is 6.96. The first kappa shape index (κ1) is 17.2. The quantitative estimate of drug-likeness (QED) is 0.814. The second-order valence-electron chi connectivity index (χ2n) is 4.54. The van der Waals surface area contributed by atoms with Gasteiger partial charge in [-0.1, -0.05) is 18.5 Å². The van der Waals surface area contributed by atoms with Gasteiger partial charge in [-0.05, 0) is 26.3 Å². The molecular weight excluding hydrogens is 296 g/mol. The number of ether oxygens (including phenoxy) is 2. The van der Waals surface area contributed by atoms with Gasteiger partial charge in [0.25, 0.3) is 5.91 Å². The highest BCUT2D eigenvalue weighted by molar-refractivity contribution is 6.33. The average Bonchev–Trinajstić information content (AvgIpc) is 2.48. The van der Waals surface area contributed by atoms with Gasteiger partial charge in [0.05, 0.1) is 18.7 Å². The lowest BCUT2D eigenvalue weighted by atomic mass is 9.99. The van der Waals surface area contributed by atoms with Crippen molar-refractivity contribution in [2.24, 2.45) is 0 Å². The minimum absolute atomic E-state index is 0.00574. The molecule has 0 bridgehead atoms. The maximum Gasteiger partial charge on any atom is 0.331 e. The number of carbonyl (C=O) groups is 2. The molecule has 21 heavy (non-hydrogen) atoms. The molecule has 0 saturated heterocycles. The topological polar surface area (TPSA) is 77.5 Å². The number of amides is 1. The van der Waals surface area contributed by atoms with Crippen LogP contribution in [0.15, 0.2) is 12.1 Å². The molecule has 1 aromatic heterocycles. The number of hydrogen-bond acceptors (Lipinski definition) is 5. The summed E-state index contributed by atoms with van der Waals surface area (Å²) in [5.41, 5.74) is -1.13. The Kier molecular flexibility index (Phi) is 5.96. The Hall–Kier alpha value is -1.82. The Morgan fingerprint density at radius 3 is 2.57 bits per heavy atom. The number of aromatic nitrogens is 1. The van der Waals surface area contributed by atoms with E-state index in [1.165, 1.54) is 13.2 Å². The summed E-state index contributed by atoms with van der Waals surface area (Å²) >= 11 is 5.98. The standard InChI is InChI=1S/C14H19ClN2O4/c1-5-14(3,13(19)20-4)17-12(18)11-9(15)7-8-10(16-11)21-6-2/h7-8H,5-6H2,1-4H3,(H,17,18)/t14-/m1/s1. The number of rotatable bonds is 6. The SMILES string of the molecule is CCOc1ccc(Cl)c(C(=O)N[C@](C)(CC)C(=O)OC)n1. The van der Waals surface area contributed by atoms with Crippen LogP contribution in [0.25, 0.3) is 0 Å². The van der Waals surface area contributed by atoms with Crippen LogP contribution < -0.4 is 10.1 Å². The molecule has 1 rings (SSSR count). The van der Waals surface area contributed by atoms with Gasteiger partial charge in [-0.3, -0.25) is 4.79 Å². The van der Waals surface area contributed by atoms with Crippen LogP contribution in [0.4, 0.5) is 0 Å². The van der Waals surface area contributed by atoms with Crippen LogP contribution >= 0.6 is 11.6 Å². The van der Waals surface area contributed by atoms with E-state index in [1.54, 1.807) is 26.8 Å². The zero-order valence-electron chi connectivity index (χ0n) is 12.5. The molecule has 0 aliphatic heterocycles. The van der Waals surface area contributed by atoms with Crippen molar-refractivity contribution in [2.45, 2.75) is 32.7 Å². The maximum atomic E-state index is 12.3. The number of pyridine rings is 1. The van der Waals surface area contributed by atoms with Crippen molar-refractivity contribution in [3.8, 4) is 5.88 Å². The summed E-state index contributed by atoms with van der Waals surface area (Å²) in [5.74, 6) is -0.796. The number of esters is 1. The number of hydrogen-bond donors (Lipinski definition) is 1. The van der Waals surface area contributed by atoms with Gasteiger partial charge in [0, 0.05) is 6.07 Å². The Bertz CT molecular complexity index is 536. The number of methoxy groups -OCH3 is 1. The lowest BCUT2D eigenvalue weighted by Crippen LogP contribution is -2.52. The molecule has 1 heterocycles. The fourth-order valence-corrected chi connectivity index (χ4v) is 1.82. The smallest absolute Gasteiger partial charge is 0.331 e. The molecule has 6 nitrogen and oxygen atoms in total. The van der Waals surface area contributed by atoms with Crippen LogP contribution in [0.3, 0.4) is 0 Å². The molecule has 1 amide bonds. The van der Waals surface area contributed by atoms with E-state index in [0.29, 0.717) is 18.9 Å². The highest BCUT2D eigenvalue weighted by Crippen LogP contribution is 2.20. The van der Waals surface area contributed by atoms with Crippen molar-refractivity contribution in [3.63, 3.8) is 0 Å². The van der Waals surface area contributed by atoms with E-state index in [-0.39, 0.29) is 10.7 Å². The number of nitrogens with one attached hydrogen (secondary N) is 1. The fraction of sp³-hybridized carbons (Fsp3) is 0.500. The van der Waals surface area contributed by atoms with Crippen LogP contribution in [0.1, 0.15) is 37.7 Å². The molecule has 0 fully saturated rings. The predicted octanol–water partition coefficient (Wildman–Crippen LogP) is 2.21. The molecule has 0 aliphatic rings. The van der Waals surface area contributed by atoms with Gasteiger partial charge in [0.15, 0.2) is 5.69 Å². The van der Waals surface area contributed by atoms with Crippen molar-refractivity contribution >= 4 is 23.5 Å². The third-order valence-electron chi connectivity index (χ3n) is 3.06. The van der Waals surface area contributed by atoms with Crippen molar-refractivity contribution in [3.05, 3.63) is 22.8 Å². The number of carbonyl (C=O) groups excluding carboxylic acids is 2. The lowest BCUT2D eigenvalue weighted by Gasteiger charge is -2.26. The predicted molar refractivity (Wildman–Crippen MR) is 78.6 cm³/mol. The molecule has 116 valence electrons. The number of nitrogens with zero attached hydrogens (tertiary/aromatic N) is 1. The zero-order chi connectivity index (χ0) is 16.0. The van der Waals surface area contributed by atoms with Gasteiger partial charge in [-0.2, -0.15) is 0 Å². The van der Waals surface area contributed by atoms with Crippen molar-refractivity contribution < 1.29 is 19.1 Å². The molecule has 7 heteroatoms. The largest absolute Gasteiger partial charge is 0.478 e. The van der Waals surface area contributed by atoms with Gasteiger partial charge in [0.2, 0.25) is 5.88 Å². The summed E-state index contributed by atoms with van der Waals surface area (Å²) in [6.07, 6.45) is 0.369. The van der Waals surface area contributed by atoms with Crippen LogP contribution in [0, 0.1) is 0 Å².